The second kappa shape index (κ2) is 7.72. The van der Waals surface area contributed by atoms with Gasteiger partial charge in [0.05, 0.1) is 19.4 Å². The number of carbonyl (C=O) groups is 1. The summed E-state index contributed by atoms with van der Waals surface area (Å²) >= 11 is 1.00. The Labute approximate surface area is 159 Å². The molecule has 3 heterocycles. The Hall–Kier alpha value is -2.34. The normalized spacial score (nSPS) is 20.5. The Morgan fingerprint density at radius 3 is 2.81 bits per heavy atom. The molecule has 27 heavy (non-hydrogen) atoms. The van der Waals surface area contributed by atoms with Gasteiger partial charge in [-0.05, 0) is 6.92 Å². The van der Waals surface area contributed by atoms with E-state index in [9.17, 15) is 15.0 Å². The summed E-state index contributed by atoms with van der Waals surface area (Å²) in [5, 5.41) is 24.2. The number of amides is 1. The standard InChI is InChI=1S/C16H21N5O5S/c1-9-4-11(26-14-5-13(25-3)18-8-19-14)7-21(9)16(23,24)12-6-17-15(27-12)20-10(2)22/h5-6,8-9,11,23-24H,4,7H2,1-3H3,(H,17,20,22). The number of hydrogen-bond donors (Lipinski definition) is 3. The van der Waals surface area contributed by atoms with Gasteiger partial charge < -0.3 is 25.0 Å². The minimum absolute atomic E-state index is 0.167. The van der Waals surface area contributed by atoms with Crippen molar-refractivity contribution < 1.29 is 24.5 Å². The van der Waals surface area contributed by atoms with Gasteiger partial charge in [0.25, 0.3) is 5.91 Å². The first kappa shape index (κ1) is 19.4. The lowest BCUT2D eigenvalue weighted by Gasteiger charge is -2.33. The molecule has 1 saturated heterocycles. The predicted octanol–water partition coefficient (Wildman–Crippen LogP) is 0.537. The second-order valence-electron chi connectivity index (χ2n) is 6.22. The van der Waals surface area contributed by atoms with Gasteiger partial charge in [-0.15, -0.1) is 0 Å². The van der Waals surface area contributed by atoms with Crippen LogP contribution in [0, 0.1) is 0 Å². The van der Waals surface area contributed by atoms with Gasteiger partial charge in [0.1, 0.15) is 17.3 Å². The third-order valence-corrected chi connectivity index (χ3v) is 5.17. The molecule has 0 saturated carbocycles. The zero-order valence-corrected chi connectivity index (χ0v) is 15.9. The number of thiazole rings is 1. The van der Waals surface area contributed by atoms with Crippen molar-refractivity contribution in [1.29, 1.82) is 0 Å². The monoisotopic (exact) mass is 395 g/mol. The molecule has 2 aromatic rings. The van der Waals surface area contributed by atoms with Crippen LogP contribution in [0.1, 0.15) is 25.1 Å². The number of aliphatic hydroxyl groups is 2. The molecule has 1 fully saturated rings. The molecule has 11 heteroatoms. The topological polar surface area (TPSA) is 130 Å². The summed E-state index contributed by atoms with van der Waals surface area (Å²) in [5.74, 6) is -1.76. The molecule has 2 unspecified atom stereocenters. The van der Waals surface area contributed by atoms with Gasteiger partial charge >= 0.3 is 0 Å². The molecule has 0 radical (unpaired) electrons. The van der Waals surface area contributed by atoms with Gasteiger partial charge in [-0.3, -0.25) is 4.79 Å². The van der Waals surface area contributed by atoms with Crippen molar-refractivity contribution in [2.24, 2.45) is 0 Å². The Bertz CT molecular complexity index is 814. The van der Waals surface area contributed by atoms with E-state index in [1.165, 1.54) is 31.5 Å². The van der Waals surface area contributed by atoms with Crippen molar-refractivity contribution in [3.8, 4) is 11.8 Å². The zero-order chi connectivity index (χ0) is 19.6. The molecule has 2 atom stereocenters. The predicted molar refractivity (Wildman–Crippen MR) is 96.3 cm³/mol. The molecule has 0 bridgehead atoms. The number of aromatic nitrogens is 3. The van der Waals surface area contributed by atoms with E-state index in [4.69, 9.17) is 9.47 Å². The molecule has 3 N–H and O–H groups in total. The van der Waals surface area contributed by atoms with Crippen LogP contribution in [0.5, 0.6) is 11.8 Å². The third kappa shape index (κ3) is 4.33. The Morgan fingerprint density at radius 1 is 1.37 bits per heavy atom. The molecule has 10 nitrogen and oxygen atoms in total. The van der Waals surface area contributed by atoms with E-state index in [1.807, 2.05) is 6.92 Å². The van der Waals surface area contributed by atoms with Crippen LogP contribution >= 0.6 is 11.3 Å². The number of carbonyl (C=O) groups excluding carboxylic acids is 1. The average Bonchev–Trinajstić information content (AvgIpc) is 3.22. The number of hydrogen-bond acceptors (Lipinski definition) is 10. The van der Waals surface area contributed by atoms with Crippen LogP contribution in [0.3, 0.4) is 0 Å². The second-order valence-corrected chi connectivity index (χ2v) is 7.25. The molecular formula is C16H21N5O5S. The minimum atomic E-state index is -2.23. The van der Waals surface area contributed by atoms with Crippen LogP contribution < -0.4 is 14.8 Å². The van der Waals surface area contributed by atoms with E-state index in [1.54, 1.807) is 6.07 Å². The van der Waals surface area contributed by atoms with Crippen molar-refractivity contribution in [3.63, 3.8) is 0 Å². The number of ether oxygens (including phenoxy) is 2. The van der Waals surface area contributed by atoms with Crippen molar-refractivity contribution in [3.05, 3.63) is 23.5 Å². The molecule has 2 aromatic heterocycles. The number of likely N-dealkylation sites (tertiary alicyclic amines) is 1. The van der Waals surface area contributed by atoms with Crippen molar-refractivity contribution >= 4 is 22.4 Å². The smallest absolute Gasteiger partial charge is 0.265 e. The first-order valence-corrected chi connectivity index (χ1v) is 9.09. The van der Waals surface area contributed by atoms with Gasteiger partial charge in [-0.25, -0.2) is 19.9 Å². The molecule has 1 aliphatic rings. The van der Waals surface area contributed by atoms with Gasteiger partial charge in [-0.1, -0.05) is 11.3 Å². The van der Waals surface area contributed by atoms with E-state index in [0.717, 1.165) is 11.3 Å². The summed E-state index contributed by atoms with van der Waals surface area (Å²) in [7, 11) is 1.50. The average molecular weight is 395 g/mol. The molecule has 3 rings (SSSR count). The van der Waals surface area contributed by atoms with Crippen LogP contribution in [0.15, 0.2) is 18.6 Å². The SMILES string of the molecule is COc1cc(OC2CC(C)N(C(O)(O)c3cnc(NC(C)=O)s3)C2)ncn1. The minimum Gasteiger partial charge on any atom is -0.481 e. The van der Waals surface area contributed by atoms with E-state index >= 15 is 0 Å². The van der Waals surface area contributed by atoms with Crippen LogP contribution in [-0.2, 0) is 10.7 Å². The fraction of sp³-hybridized carbons (Fsp3) is 0.500. The quantitative estimate of drug-likeness (QED) is 0.600. The van der Waals surface area contributed by atoms with E-state index in [0.29, 0.717) is 23.3 Å². The van der Waals surface area contributed by atoms with Crippen LogP contribution in [0.2, 0.25) is 0 Å². The molecule has 146 valence electrons. The Balaban J connectivity index is 1.70. The fourth-order valence-corrected chi connectivity index (χ4v) is 3.82. The third-order valence-electron chi connectivity index (χ3n) is 4.17. The van der Waals surface area contributed by atoms with Crippen molar-refractivity contribution in [2.45, 2.75) is 38.3 Å². The lowest BCUT2D eigenvalue weighted by molar-refractivity contribution is -0.276. The summed E-state index contributed by atoms with van der Waals surface area (Å²) in [6.07, 6.45) is 2.97. The molecule has 0 aromatic carbocycles. The highest BCUT2D eigenvalue weighted by atomic mass is 32.1. The van der Waals surface area contributed by atoms with Crippen molar-refractivity contribution in [1.82, 2.24) is 19.9 Å². The highest BCUT2D eigenvalue weighted by Gasteiger charge is 2.45. The van der Waals surface area contributed by atoms with Crippen LogP contribution in [0.25, 0.3) is 0 Å². The summed E-state index contributed by atoms with van der Waals surface area (Å²) < 4.78 is 10.9. The lowest BCUT2D eigenvalue weighted by Crippen LogP contribution is -2.48. The van der Waals surface area contributed by atoms with Gasteiger partial charge in [-0.2, -0.15) is 0 Å². The zero-order valence-electron chi connectivity index (χ0n) is 15.1. The number of nitrogens with zero attached hydrogens (tertiary/aromatic N) is 4. The van der Waals surface area contributed by atoms with Gasteiger partial charge in [0, 0.05) is 25.9 Å². The number of nitrogens with one attached hydrogen (secondary N) is 1. The highest BCUT2D eigenvalue weighted by molar-refractivity contribution is 7.15. The highest BCUT2D eigenvalue weighted by Crippen LogP contribution is 2.36. The summed E-state index contributed by atoms with van der Waals surface area (Å²) in [6.45, 7) is 3.51. The van der Waals surface area contributed by atoms with Crippen LogP contribution in [0.4, 0.5) is 5.13 Å². The van der Waals surface area contributed by atoms with E-state index in [2.05, 4.69) is 20.3 Å². The molecule has 0 aliphatic carbocycles. The first-order valence-electron chi connectivity index (χ1n) is 8.27. The van der Waals surface area contributed by atoms with Gasteiger partial charge in [0.2, 0.25) is 17.7 Å². The molecule has 0 spiro atoms. The summed E-state index contributed by atoms with van der Waals surface area (Å²) in [4.78, 5) is 24.8. The maximum atomic E-state index is 11.1. The van der Waals surface area contributed by atoms with E-state index < -0.39 is 5.91 Å². The number of rotatable bonds is 6. The molecule has 1 aliphatic heterocycles. The van der Waals surface area contributed by atoms with Crippen LogP contribution in [-0.4, -0.2) is 61.8 Å². The van der Waals surface area contributed by atoms with Gasteiger partial charge in [0.15, 0.2) is 5.13 Å². The fourth-order valence-electron chi connectivity index (χ4n) is 2.95. The number of methoxy groups -OCH3 is 1. The molecular weight excluding hydrogens is 374 g/mol. The Morgan fingerprint density at radius 2 is 2.11 bits per heavy atom. The maximum absolute atomic E-state index is 11.1. The lowest BCUT2D eigenvalue weighted by atomic mass is 10.2. The Kier molecular flexibility index (Phi) is 5.56. The molecule has 1 amide bonds. The summed E-state index contributed by atoms with van der Waals surface area (Å²) in [6, 6.07) is 1.40. The summed E-state index contributed by atoms with van der Waals surface area (Å²) in [5.41, 5.74) is 0. The largest absolute Gasteiger partial charge is 0.481 e. The van der Waals surface area contributed by atoms with E-state index in [-0.39, 0.29) is 29.5 Å². The van der Waals surface area contributed by atoms with Crippen molar-refractivity contribution in [2.75, 3.05) is 19.0 Å². The number of anilines is 1. The first-order chi connectivity index (χ1) is 12.8. The maximum Gasteiger partial charge on any atom is 0.265 e.